The Morgan fingerprint density at radius 1 is 0.467 bits per heavy atom. The predicted molar refractivity (Wildman–Crippen MR) is 140 cm³/mol. The minimum atomic E-state index is 0.875. The van der Waals surface area contributed by atoms with E-state index in [0.717, 1.165) is 11.8 Å². The second-order valence-electron chi connectivity index (χ2n) is 10.4. The van der Waals surface area contributed by atoms with E-state index in [4.69, 9.17) is 0 Å². The van der Waals surface area contributed by atoms with E-state index in [1.54, 1.807) is 0 Å². The lowest BCUT2D eigenvalue weighted by Crippen LogP contribution is -2.05. The van der Waals surface area contributed by atoms with Crippen LogP contribution in [0, 0.1) is 11.8 Å². The minimum Gasteiger partial charge on any atom is -0.0885 e. The molecule has 0 heterocycles. The summed E-state index contributed by atoms with van der Waals surface area (Å²) in [6, 6.07) is 0. The molecule has 0 nitrogen and oxygen atoms in total. The van der Waals surface area contributed by atoms with Gasteiger partial charge in [-0.3, -0.25) is 0 Å². The molecule has 0 aromatic heterocycles. The first-order chi connectivity index (χ1) is 14.7. The molecular weight excluding hydrogens is 360 g/mol. The van der Waals surface area contributed by atoms with Crippen molar-refractivity contribution < 1.29 is 0 Å². The molecule has 1 unspecified atom stereocenters. The van der Waals surface area contributed by atoms with Gasteiger partial charge in [-0.2, -0.15) is 0 Å². The zero-order valence-corrected chi connectivity index (χ0v) is 21.9. The van der Waals surface area contributed by atoms with E-state index in [9.17, 15) is 0 Å². The summed E-state index contributed by atoms with van der Waals surface area (Å²) in [5, 5.41) is 0. The summed E-state index contributed by atoms with van der Waals surface area (Å²) in [6.07, 6.45) is 36.4. The zero-order valence-electron chi connectivity index (χ0n) is 21.9. The van der Waals surface area contributed by atoms with Crippen LogP contribution in [-0.4, -0.2) is 0 Å². The second-order valence-corrected chi connectivity index (χ2v) is 10.4. The van der Waals surface area contributed by atoms with Gasteiger partial charge in [-0.05, 0) is 43.9 Å². The monoisotopic (exact) mass is 420 g/mol. The van der Waals surface area contributed by atoms with Gasteiger partial charge in [-0.25, -0.2) is 0 Å². The van der Waals surface area contributed by atoms with Crippen molar-refractivity contribution >= 4 is 0 Å². The van der Waals surface area contributed by atoms with Crippen LogP contribution in [0.15, 0.2) is 12.2 Å². The SMILES string of the molecule is CCCCCCCCC=CCCCCCCCCC(CCCCCCC)CC(C)C. The van der Waals surface area contributed by atoms with Gasteiger partial charge in [-0.15, -0.1) is 0 Å². The Labute approximate surface area is 193 Å². The van der Waals surface area contributed by atoms with Gasteiger partial charge in [0.15, 0.2) is 0 Å². The van der Waals surface area contributed by atoms with E-state index < -0.39 is 0 Å². The molecule has 0 aromatic carbocycles. The van der Waals surface area contributed by atoms with Crippen LogP contribution in [0.25, 0.3) is 0 Å². The van der Waals surface area contributed by atoms with E-state index in [2.05, 4.69) is 39.8 Å². The molecule has 0 heteroatoms. The van der Waals surface area contributed by atoms with Crippen molar-refractivity contribution in [2.75, 3.05) is 0 Å². The summed E-state index contributed by atoms with van der Waals surface area (Å²) in [7, 11) is 0. The molecule has 0 spiro atoms. The smallest absolute Gasteiger partial charge is 0.0351 e. The Morgan fingerprint density at radius 3 is 1.23 bits per heavy atom. The normalized spacial score (nSPS) is 13.0. The highest BCUT2D eigenvalue weighted by Crippen LogP contribution is 2.25. The zero-order chi connectivity index (χ0) is 22.1. The topological polar surface area (TPSA) is 0 Å². The van der Waals surface area contributed by atoms with Crippen molar-refractivity contribution in [2.24, 2.45) is 11.8 Å². The molecule has 0 aliphatic rings. The Hall–Kier alpha value is -0.260. The van der Waals surface area contributed by atoms with Crippen LogP contribution in [0.5, 0.6) is 0 Å². The maximum atomic E-state index is 2.45. The van der Waals surface area contributed by atoms with Gasteiger partial charge in [0, 0.05) is 0 Å². The third-order valence-corrected chi connectivity index (χ3v) is 6.64. The second kappa shape index (κ2) is 25.0. The van der Waals surface area contributed by atoms with E-state index in [1.165, 1.54) is 141 Å². The number of rotatable bonds is 24. The predicted octanol–water partition coefficient (Wildman–Crippen LogP) is 11.4. The Kier molecular flexibility index (Phi) is 24.8. The summed E-state index contributed by atoms with van der Waals surface area (Å²) in [5.74, 6) is 1.88. The highest BCUT2D eigenvalue weighted by molar-refractivity contribution is 4.81. The molecule has 0 aliphatic carbocycles. The van der Waals surface area contributed by atoms with Gasteiger partial charge in [0.1, 0.15) is 0 Å². The Morgan fingerprint density at radius 2 is 0.833 bits per heavy atom. The molecule has 0 N–H and O–H groups in total. The molecular formula is C30H60. The molecule has 0 saturated carbocycles. The largest absolute Gasteiger partial charge is 0.0885 e. The lowest BCUT2D eigenvalue weighted by Gasteiger charge is -2.19. The van der Waals surface area contributed by atoms with Crippen molar-refractivity contribution in [1.29, 1.82) is 0 Å². The first-order valence-electron chi connectivity index (χ1n) is 14.4. The lowest BCUT2D eigenvalue weighted by atomic mass is 9.87. The van der Waals surface area contributed by atoms with Crippen LogP contribution >= 0.6 is 0 Å². The van der Waals surface area contributed by atoms with E-state index in [1.807, 2.05) is 0 Å². The molecule has 0 bridgehead atoms. The van der Waals surface area contributed by atoms with Crippen molar-refractivity contribution in [1.82, 2.24) is 0 Å². The van der Waals surface area contributed by atoms with Crippen molar-refractivity contribution in [3.05, 3.63) is 12.2 Å². The fraction of sp³-hybridized carbons (Fsp3) is 0.933. The quantitative estimate of drug-likeness (QED) is 0.107. The fourth-order valence-corrected chi connectivity index (χ4v) is 4.76. The molecule has 0 aromatic rings. The molecule has 0 fully saturated rings. The van der Waals surface area contributed by atoms with Crippen LogP contribution in [0.3, 0.4) is 0 Å². The molecule has 0 rings (SSSR count). The van der Waals surface area contributed by atoms with Crippen LogP contribution < -0.4 is 0 Å². The van der Waals surface area contributed by atoms with Crippen LogP contribution in [0.1, 0.15) is 169 Å². The van der Waals surface area contributed by atoms with E-state index >= 15 is 0 Å². The number of hydrogen-bond acceptors (Lipinski definition) is 0. The maximum Gasteiger partial charge on any atom is -0.0351 e. The average molecular weight is 421 g/mol. The summed E-state index contributed by atoms with van der Waals surface area (Å²) in [6.45, 7) is 9.43. The molecule has 30 heavy (non-hydrogen) atoms. The van der Waals surface area contributed by atoms with Gasteiger partial charge in [-0.1, -0.05) is 149 Å². The molecule has 0 radical (unpaired) electrons. The number of unbranched alkanes of at least 4 members (excludes halogenated alkanes) is 16. The summed E-state index contributed by atoms with van der Waals surface area (Å²) >= 11 is 0. The average Bonchev–Trinajstić information content (AvgIpc) is 2.72. The van der Waals surface area contributed by atoms with Crippen molar-refractivity contribution in [3.8, 4) is 0 Å². The minimum absolute atomic E-state index is 0.875. The van der Waals surface area contributed by atoms with Gasteiger partial charge < -0.3 is 0 Å². The molecule has 0 saturated heterocycles. The first-order valence-corrected chi connectivity index (χ1v) is 14.4. The molecule has 180 valence electrons. The summed E-state index contributed by atoms with van der Waals surface area (Å²) < 4.78 is 0. The number of hydrogen-bond donors (Lipinski definition) is 0. The molecule has 0 aliphatic heterocycles. The van der Waals surface area contributed by atoms with Gasteiger partial charge in [0.05, 0.1) is 0 Å². The van der Waals surface area contributed by atoms with Crippen molar-refractivity contribution in [3.63, 3.8) is 0 Å². The highest BCUT2D eigenvalue weighted by atomic mass is 14.2. The van der Waals surface area contributed by atoms with Crippen molar-refractivity contribution in [2.45, 2.75) is 169 Å². The van der Waals surface area contributed by atoms with Gasteiger partial charge in [0.25, 0.3) is 0 Å². The highest BCUT2D eigenvalue weighted by Gasteiger charge is 2.10. The lowest BCUT2D eigenvalue weighted by molar-refractivity contribution is 0.339. The van der Waals surface area contributed by atoms with Crippen LogP contribution in [0.4, 0.5) is 0 Å². The fourth-order valence-electron chi connectivity index (χ4n) is 4.76. The van der Waals surface area contributed by atoms with E-state index in [0.29, 0.717) is 0 Å². The third kappa shape index (κ3) is 24.0. The van der Waals surface area contributed by atoms with E-state index in [-0.39, 0.29) is 0 Å². The van der Waals surface area contributed by atoms with Gasteiger partial charge >= 0.3 is 0 Å². The number of allylic oxidation sites excluding steroid dienone is 2. The maximum absolute atomic E-state index is 2.45. The Balaban J connectivity index is 3.48. The standard InChI is InChI=1S/C30H60/c1-5-7-9-11-12-13-14-15-16-17-18-19-20-21-23-25-27-30(28-29(3)4)26-24-22-10-8-6-2/h15-16,29-30H,5-14,17-28H2,1-4H3. The molecule has 1 atom stereocenters. The third-order valence-electron chi connectivity index (χ3n) is 6.64. The Bertz CT molecular complexity index is 327. The van der Waals surface area contributed by atoms with Gasteiger partial charge in [0.2, 0.25) is 0 Å². The van der Waals surface area contributed by atoms with Crippen LogP contribution in [0.2, 0.25) is 0 Å². The first kappa shape index (κ1) is 29.7. The molecule has 0 amide bonds. The summed E-state index contributed by atoms with van der Waals surface area (Å²) in [4.78, 5) is 0. The summed E-state index contributed by atoms with van der Waals surface area (Å²) in [5.41, 5.74) is 0. The van der Waals surface area contributed by atoms with Crippen LogP contribution in [-0.2, 0) is 0 Å².